The van der Waals surface area contributed by atoms with Crippen LogP contribution >= 0.6 is 0 Å². The van der Waals surface area contributed by atoms with Crippen LogP contribution in [0.1, 0.15) is 42.7 Å². The lowest BCUT2D eigenvalue weighted by atomic mass is 10.0. The molecular weight excluding hydrogens is 484 g/mol. The first-order chi connectivity index (χ1) is 17.3. The highest BCUT2D eigenvalue weighted by Crippen LogP contribution is 2.40. The summed E-state index contributed by atoms with van der Waals surface area (Å²) in [5.74, 6) is 2.55. The second-order valence-electron chi connectivity index (χ2n) is 9.29. The van der Waals surface area contributed by atoms with E-state index < -0.39 is 10.0 Å². The number of sulfonamides is 1. The van der Waals surface area contributed by atoms with Crippen LogP contribution in [0.4, 0.5) is 10.6 Å². The molecule has 0 spiro atoms. The molecule has 1 fully saturated rings. The van der Waals surface area contributed by atoms with Crippen molar-refractivity contribution in [3.05, 3.63) is 59.9 Å². The summed E-state index contributed by atoms with van der Waals surface area (Å²) < 4.78 is 38.5. The van der Waals surface area contributed by atoms with Crippen molar-refractivity contribution in [1.82, 2.24) is 24.0 Å². The Morgan fingerprint density at radius 1 is 1.19 bits per heavy atom. The summed E-state index contributed by atoms with van der Waals surface area (Å²) in [5, 5.41) is 7.52. The van der Waals surface area contributed by atoms with E-state index in [2.05, 4.69) is 20.4 Å². The number of rotatable bonds is 5. The van der Waals surface area contributed by atoms with Gasteiger partial charge in [-0.25, -0.2) is 23.2 Å². The van der Waals surface area contributed by atoms with E-state index >= 15 is 0 Å². The third-order valence-electron chi connectivity index (χ3n) is 6.56. The molecule has 0 bridgehead atoms. The highest BCUT2D eigenvalue weighted by Gasteiger charge is 2.32. The number of aromatic nitrogens is 4. The number of hydrogen-bond acceptors (Lipinski definition) is 8. The molecule has 1 aliphatic carbocycles. The van der Waals surface area contributed by atoms with Crippen molar-refractivity contribution in [2.45, 2.75) is 44.7 Å². The third kappa shape index (κ3) is 4.22. The first kappa shape index (κ1) is 22.7. The minimum absolute atomic E-state index is 0.179. The summed E-state index contributed by atoms with van der Waals surface area (Å²) in [6.45, 7) is 2.03. The maximum Gasteiger partial charge on any atom is 0.331 e. The average molecular weight is 509 g/mol. The highest BCUT2D eigenvalue weighted by molar-refractivity contribution is 7.88. The predicted octanol–water partition coefficient (Wildman–Crippen LogP) is 3.88. The molecule has 0 unspecified atom stereocenters. The molecule has 1 N–H and O–H groups in total. The summed E-state index contributed by atoms with van der Waals surface area (Å²) in [4.78, 5) is 21.4. The second kappa shape index (κ2) is 8.42. The van der Waals surface area contributed by atoms with Gasteiger partial charge in [-0.2, -0.15) is 4.31 Å². The normalized spacial score (nSPS) is 18.2. The van der Waals surface area contributed by atoms with Gasteiger partial charge in [0.25, 0.3) is 0 Å². The molecule has 1 aromatic carbocycles. The fourth-order valence-electron chi connectivity index (χ4n) is 4.56. The first-order valence-electron chi connectivity index (χ1n) is 11.6. The van der Waals surface area contributed by atoms with Gasteiger partial charge in [0.05, 0.1) is 24.0 Å². The molecule has 2 aliphatic rings. The number of nitrogens with zero attached hydrogens (tertiary/aromatic N) is 5. The summed E-state index contributed by atoms with van der Waals surface area (Å²) in [6, 6.07) is 8.39. The van der Waals surface area contributed by atoms with Gasteiger partial charge in [0, 0.05) is 35.2 Å². The molecule has 12 heteroatoms. The minimum atomic E-state index is -3.35. The zero-order valence-electron chi connectivity index (χ0n) is 19.7. The van der Waals surface area contributed by atoms with Crippen LogP contribution < -0.4 is 10.1 Å². The van der Waals surface area contributed by atoms with E-state index in [1.807, 2.05) is 19.1 Å². The Labute approximate surface area is 207 Å². The largest absolute Gasteiger partial charge is 0.439 e. The van der Waals surface area contributed by atoms with Gasteiger partial charge < -0.3 is 9.26 Å². The Kier molecular flexibility index (Phi) is 5.30. The summed E-state index contributed by atoms with van der Waals surface area (Å²) in [6.07, 6.45) is 6.88. The number of hydrogen-bond donors (Lipinski definition) is 1. The van der Waals surface area contributed by atoms with E-state index in [0.29, 0.717) is 41.0 Å². The molecule has 3 aromatic heterocycles. The van der Waals surface area contributed by atoms with Crippen molar-refractivity contribution in [2.24, 2.45) is 0 Å². The zero-order chi connectivity index (χ0) is 25.0. The van der Waals surface area contributed by atoms with Gasteiger partial charge in [-0.05, 0) is 50.5 Å². The maximum atomic E-state index is 12.8. The lowest BCUT2D eigenvalue weighted by Gasteiger charge is -2.32. The van der Waals surface area contributed by atoms with Crippen LogP contribution in [0, 0.1) is 0 Å². The van der Waals surface area contributed by atoms with E-state index in [0.717, 1.165) is 29.6 Å². The summed E-state index contributed by atoms with van der Waals surface area (Å²) in [5.41, 5.74) is 2.12. The van der Waals surface area contributed by atoms with Crippen molar-refractivity contribution < 1.29 is 22.5 Å². The molecule has 36 heavy (non-hydrogen) atoms. The number of anilines is 1. The van der Waals surface area contributed by atoms with Crippen molar-refractivity contribution in [3.63, 3.8) is 0 Å². The van der Waals surface area contributed by atoms with Crippen LogP contribution in [0.3, 0.4) is 0 Å². The molecule has 1 atom stereocenters. The number of fused-ring (bicyclic) bond motifs is 2. The number of carbonyl (C=O) groups excluding carboxylic acids is 1. The minimum Gasteiger partial charge on any atom is -0.439 e. The van der Waals surface area contributed by atoms with Crippen LogP contribution in [0.25, 0.3) is 10.9 Å². The van der Waals surface area contributed by atoms with E-state index in [9.17, 15) is 13.2 Å². The molecule has 1 amide bonds. The number of benzene rings is 1. The van der Waals surface area contributed by atoms with Crippen molar-refractivity contribution in [1.29, 1.82) is 0 Å². The van der Waals surface area contributed by atoms with Crippen molar-refractivity contribution >= 4 is 32.8 Å². The second-order valence-corrected chi connectivity index (χ2v) is 11.2. The van der Waals surface area contributed by atoms with E-state index in [1.165, 1.54) is 21.5 Å². The first-order valence-corrected chi connectivity index (χ1v) is 13.5. The molecule has 6 rings (SSSR count). The molecule has 0 saturated heterocycles. The summed E-state index contributed by atoms with van der Waals surface area (Å²) in [7, 11) is -3.35. The standard InChI is InChI=1S/C24H24N6O5S/c1-14-9-18-19(12-30(14)36(2,32)33)25-13-26-23(18)34-17-5-6-20-16(10-17)7-8-29(20)24(31)27-22-11-21(35-28-22)15-3-4-15/h5-8,10-11,13-15H,3-4,9,12H2,1-2H3,(H,27,28,31)/t14-/m0/s1. The van der Waals surface area contributed by atoms with Crippen LogP contribution in [-0.4, -0.2) is 50.7 Å². The monoisotopic (exact) mass is 508 g/mol. The molecular formula is C24H24N6O5S. The van der Waals surface area contributed by atoms with Gasteiger partial charge in [-0.3, -0.25) is 9.88 Å². The van der Waals surface area contributed by atoms with Crippen LogP contribution in [0.5, 0.6) is 11.6 Å². The van der Waals surface area contributed by atoms with Gasteiger partial charge in [0.15, 0.2) is 5.82 Å². The fraction of sp³-hybridized carbons (Fsp3) is 0.333. The molecule has 1 saturated carbocycles. The number of ether oxygens (including phenoxy) is 1. The molecule has 0 radical (unpaired) electrons. The molecule has 4 heterocycles. The number of carbonyl (C=O) groups is 1. The van der Waals surface area contributed by atoms with Crippen molar-refractivity contribution in [2.75, 3.05) is 11.6 Å². The quantitative estimate of drug-likeness (QED) is 0.430. The SMILES string of the molecule is C[C@H]1Cc2c(ncnc2Oc2ccc3c(ccn3C(=O)Nc3cc(C4CC4)on3)c2)CN1S(C)(=O)=O. The maximum absolute atomic E-state index is 12.8. The van der Waals surface area contributed by atoms with Gasteiger partial charge in [-0.1, -0.05) is 5.16 Å². The fourth-order valence-corrected chi connectivity index (χ4v) is 5.64. The van der Waals surface area contributed by atoms with E-state index in [4.69, 9.17) is 9.26 Å². The predicted molar refractivity (Wildman–Crippen MR) is 130 cm³/mol. The molecule has 11 nitrogen and oxygen atoms in total. The zero-order valence-corrected chi connectivity index (χ0v) is 20.5. The van der Waals surface area contributed by atoms with Crippen LogP contribution in [0.15, 0.2) is 47.4 Å². The Morgan fingerprint density at radius 2 is 2.03 bits per heavy atom. The highest BCUT2D eigenvalue weighted by atomic mass is 32.2. The smallest absolute Gasteiger partial charge is 0.331 e. The van der Waals surface area contributed by atoms with E-state index in [-0.39, 0.29) is 18.6 Å². The van der Waals surface area contributed by atoms with Gasteiger partial charge in [0.2, 0.25) is 15.9 Å². The molecule has 186 valence electrons. The Balaban J connectivity index is 1.22. The lowest BCUT2D eigenvalue weighted by Crippen LogP contribution is -2.42. The van der Waals surface area contributed by atoms with Gasteiger partial charge in [0.1, 0.15) is 17.8 Å². The topological polar surface area (TPSA) is 132 Å². The summed E-state index contributed by atoms with van der Waals surface area (Å²) >= 11 is 0. The Hall–Kier alpha value is -3.77. The molecule has 1 aliphatic heterocycles. The lowest BCUT2D eigenvalue weighted by molar-refractivity contribution is 0.254. The number of amides is 1. The third-order valence-corrected chi connectivity index (χ3v) is 7.90. The molecule has 4 aromatic rings. The van der Waals surface area contributed by atoms with E-state index in [1.54, 1.807) is 24.4 Å². The average Bonchev–Trinajstić information content (AvgIpc) is 3.43. The van der Waals surface area contributed by atoms with Crippen molar-refractivity contribution in [3.8, 4) is 11.6 Å². The van der Waals surface area contributed by atoms with Gasteiger partial charge >= 0.3 is 6.03 Å². The Bertz CT molecular complexity index is 1590. The Morgan fingerprint density at radius 3 is 2.81 bits per heavy atom. The number of nitrogens with one attached hydrogen (secondary N) is 1. The van der Waals surface area contributed by atoms with Gasteiger partial charge in [-0.15, -0.1) is 0 Å². The van der Waals surface area contributed by atoms with Crippen LogP contribution in [-0.2, 0) is 23.0 Å². The van der Waals surface area contributed by atoms with Crippen LogP contribution in [0.2, 0.25) is 0 Å².